The molecule has 5 aromatic rings. The van der Waals surface area contributed by atoms with Crippen molar-refractivity contribution in [3.8, 4) is 0 Å². The van der Waals surface area contributed by atoms with Crippen LogP contribution in [0.25, 0.3) is 10.9 Å². The van der Waals surface area contributed by atoms with E-state index in [0.717, 1.165) is 53.8 Å². The standard InChI is InChI=1S/C25H26N6S/c1-18-8-10-19(11-9-18)16-32-25-30-29-24(31(25)12-4-5-21-15-26-17-28-21)13-20-14-27-23-7-3-2-6-22(20)23/h2-3,6-11,14-15,17,27H,4-5,12-13,16H2,1H3,(H,26,28). The van der Waals surface area contributed by atoms with Gasteiger partial charge in [-0.25, -0.2) is 4.98 Å². The fourth-order valence-electron chi connectivity index (χ4n) is 3.91. The van der Waals surface area contributed by atoms with Crippen molar-refractivity contribution >= 4 is 22.7 Å². The molecule has 0 saturated heterocycles. The lowest BCUT2D eigenvalue weighted by Crippen LogP contribution is -2.07. The second-order valence-corrected chi connectivity index (χ2v) is 8.97. The number of imidazole rings is 1. The molecule has 0 saturated carbocycles. The third-order valence-electron chi connectivity index (χ3n) is 5.67. The smallest absolute Gasteiger partial charge is 0.191 e. The van der Waals surface area contributed by atoms with Gasteiger partial charge in [-0.05, 0) is 37.0 Å². The second kappa shape index (κ2) is 9.44. The quantitative estimate of drug-likeness (QED) is 0.304. The monoisotopic (exact) mass is 442 g/mol. The molecule has 0 aliphatic rings. The van der Waals surface area contributed by atoms with Gasteiger partial charge in [0.05, 0.1) is 12.0 Å². The molecule has 0 amide bonds. The van der Waals surface area contributed by atoms with Gasteiger partial charge in [-0.3, -0.25) is 0 Å². The predicted molar refractivity (Wildman–Crippen MR) is 129 cm³/mol. The van der Waals surface area contributed by atoms with E-state index < -0.39 is 0 Å². The summed E-state index contributed by atoms with van der Waals surface area (Å²) in [5.74, 6) is 1.88. The highest BCUT2D eigenvalue weighted by Gasteiger charge is 2.15. The molecule has 3 aromatic heterocycles. The minimum atomic E-state index is 0.754. The van der Waals surface area contributed by atoms with Crippen molar-refractivity contribution in [1.82, 2.24) is 29.7 Å². The fourth-order valence-corrected chi connectivity index (χ4v) is 4.85. The van der Waals surface area contributed by atoms with Crippen molar-refractivity contribution < 1.29 is 0 Å². The number of aromatic nitrogens is 6. The third-order valence-corrected chi connectivity index (χ3v) is 6.71. The highest BCUT2D eigenvalue weighted by molar-refractivity contribution is 7.98. The molecule has 3 heterocycles. The Morgan fingerprint density at radius 1 is 1.00 bits per heavy atom. The molecule has 162 valence electrons. The molecule has 0 bridgehead atoms. The summed E-state index contributed by atoms with van der Waals surface area (Å²) in [4.78, 5) is 10.8. The van der Waals surface area contributed by atoms with Crippen LogP contribution in [-0.4, -0.2) is 29.7 Å². The van der Waals surface area contributed by atoms with E-state index in [0.29, 0.717) is 0 Å². The SMILES string of the molecule is Cc1ccc(CSc2nnc(Cc3c[nH]c4ccccc34)n2CCCc2c[nH]cn2)cc1. The van der Waals surface area contributed by atoms with Crippen molar-refractivity contribution in [1.29, 1.82) is 0 Å². The molecule has 0 atom stereocenters. The maximum atomic E-state index is 4.60. The van der Waals surface area contributed by atoms with Crippen LogP contribution in [0.4, 0.5) is 0 Å². The fraction of sp³-hybridized carbons (Fsp3) is 0.240. The number of benzene rings is 2. The first kappa shape index (κ1) is 20.6. The Labute approximate surface area is 191 Å². The minimum Gasteiger partial charge on any atom is -0.361 e. The number of thioether (sulfide) groups is 1. The van der Waals surface area contributed by atoms with Gasteiger partial charge in [0.2, 0.25) is 0 Å². The summed E-state index contributed by atoms with van der Waals surface area (Å²) in [6, 6.07) is 17.1. The van der Waals surface area contributed by atoms with Gasteiger partial charge in [0.25, 0.3) is 0 Å². The number of nitrogens with one attached hydrogen (secondary N) is 2. The zero-order valence-corrected chi connectivity index (χ0v) is 18.9. The lowest BCUT2D eigenvalue weighted by molar-refractivity contribution is 0.572. The lowest BCUT2D eigenvalue weighted by Gasteiger charge is -2.10. The number of fused-ring (bicyclic) bond motifs is 1. The van der Waals surface area contributed by atoms with Crippen LogP contribution in [0.2, 0.25) is 0 Å². The van der Waals surface area contributed by atoms with Gasteiger partial charge in [0, 0.05) is 42.0 Å². The van der Waals surface area contributed by atoms with Crippen LogP contribution in [0.1, 0.15) is 34.6 Å². The van der Waals surface area contributed by atoms with Gasteiger partial charge in [0.1, 0.15) is 5.82 Å². The molecule has 0 aliphatic heterocycles. The summed E-state index contributed by atoms with van der Waals surface area (Å²) in [6.07, 6.45) is 8.46. The Kier molecular flexibility index (Phi) is 6.07. The summed E-state index contributed by atoms with van der Waals surface area (Å²) in [6.45, 7) is 2.98. The molecule has 2 aromatic carbocycles. The van der Waals surface area contributed by atoms with E-state index >= 15 is 0 Å². The van der Waals surface area contributed by atoms with E-state index in [9.17, 15) is 0 Å². The Morgan fingerprint density at radius 3 is 2.72 bits per heavy atom. The lowest BCUT2D eigenvalue weighted by atomic mass is 10.1. The third kappa shape index (κ3) is 4.62. The topological polar surface area (TPSA) is 75.2 Å². The van der Waals surface area contributed by atoms with Crippen LogP contribution in [0.5, 0.6) is 0 Å². The maximum absolute atomic E-state index is 4.60. The first-order valence-electron chi connectivity index (χ1n) is 10.9. The summed E-state index contributed by atoms with van der Waals surface area (Å²) < 4.78 is 2.29. The van der Waals surface area contributed by atoms with Crippen LogP contribution in [0, 0.1) is 6.92 Å². The average Bonchev–Trinajstić information content (AvgIpc) is 3.56. The van der Waals surface area contributed by atoms with Gasteiger partial charge < -0.3 is 14.5 Å². The van der Waals surface area contributed by atoms with Gasteiger partial charge >= 0.3 is 0 Å². The minimum absolute atomic E-state index is 0.754. The maximum Gasteiger partial charge on any atom is 0.191 e. The number of aryl methyl sites for hydroxylation is 2. The van der Waals surface area contributed by atoms with E-state index in [-0.39, 0.29) is 0 Å². The summed E-state index contributed by atoms with van der Waals surface area (Å²) in [5, 5.41) is 11.4. The Hall–Kier alpha value is -3.32. The van der Waals surface area contributed by atoms with Gasteiger partial charge in [0.15, 0.2) is 5.16 Å². The molecule has 7 heteroatoms. The number of hydrogen-bond acceptors (Lipinski definition) is 4. The summed E-state index contributed by atoms with van der Waals surface area (Å²) in [5.41, 5.74) is 6.06. The Balaban J connectivity index is 1.36. The van der Waals surface area contributed by atoms with Crippen molar-refractivity contribution in [2.45, 2.75) is 43.6 Å². The van der Waals surface area contributed by atoms with Crippen LogP contribution in [0.15, 0.2) is 72.4 Å². The van der Waals surface area contributed by atoms with Crippen molar-refractivity contribution in [3.63, 3.8) is 0 Å². The molecular weight excluding hydrogens is 416 g/mol. The number of H-pyrrole nitrogens is 2. The second-order valence-electron chi connectivity index (χ2n) is 8.03. The number of hydrogen-bond donors (Lipinski definition) is 2. The van der Waals surface area contributed by atoms with E-state index in [1.807, 2.05) is 6.20 Å². The predicted octanol–water partition coefficient (Wildman–Crippen LogP) is 5.31. The first-order chi connectivity index (χ1) is 15.8. The highest BCUT2D eigenvalue weighted by Crippen LogP contribution is 2.25. The molecule has 0 fully saturated rings. The van der Waals surface area contributed by atoms with Crippen LogP contribution in [-0.2, 0) is 25.1 Å². The molecule has 0 aliphatic carbocycles. The first-order valence-corrected chi connectivity index (χ1v) is 11.9. The van der Waals surface area contributed by atoms with Crippen molar-refractivity contribution in [3.05, 3.63) is 95.5 Å². The number of nitrogens with zero attached hydrogens (tertiary/aromatic N) is 4. The summed E-state index contributed by atoms with van der Waals surface area (Å²) in [7, 11) is 0. The number of rotatable bonds is 9. The highest BCUT2D eigenvalue weighted by atomic mass is 32.2. The molecule has 5 rings (SSSR count). The van der Waals surface area contributed by atoms with E-state index in [2.05, 4.69) is 91.4 Å². The van der Waals surface area contributed by atoms with Crippen molar-refractivity contribution in [2.75, 3.05) is 0 Å². The number of para-hydroxylation sites is 1. The normalized spacial score (nSPS) is 11.4. The van der Waals surface area contributed by atoms with Gasteiger partial charge in [-0.15, -0.1) is 10.2 Å². The van der Waals surface area contributed by atoms with Crippen LogP contribution in [0.3, 0.4) is 0 Å². The zero-order valence-electron chi connectivity index (χ0n) is 18.1. The Bertz CT molecular complexity index is 1280. The molecule has 6 nitrogen and oxygen atoms in total. The molecule has 0 unspecified atom stereocenters. The average molecular weight is 443 g/mol. The molecule has 32 heavy (non-hydrogen) atoms. The molecular formula is C25H26N6S. The van der Waals surface area contributed by atoms with Crippen molar-refractivity contribution in [2.24, 2.45) is 0 Å². The molecule has 0 spiro atoms. The van der Waals surface area contributed by atoms with Gasteiger partial charge in [-0.2, -0.15) is 0 Å². The zero-order chi connectivity index (χ0) is 21.8. The van der Waals surface area contributed by atoms with Crippen LogP contribution < -0.4 is 0 Å². The van der Waals surface area contributed by atoms with Crippen LogP contribution >= 0.6 is 11.8 Å². The van der Waals surface area contributed by atoms with Gasteiger partial charge in [-0.1, -0.05) is 59.8 Å². The largest absolute Gasteiger partial charge is 0.361 e. The molecule has 2 N–H and O–H groups in total. The molecule has 0 radical (unpaired) electrons. The van der Waals surface area contributed by atoms with E-state index in [1.165, 1.54) is 22.1 Å². The van der Waals surface area contributed by atoms with E-state index in [1.54, 1.807) is 18.1 Å². The Morgan fingerprint density at radius 2 is 1.88 bits per heavy atom. The number of aromatic amines is 2. The summed E-state index contributed by atoms with van der Waals surface area (Å²) >= 11 is 1.75. The van der Waals surface area contributed by atoms with E-state index in [4.69, 9.17) is 0 Å².